The van der Waals surface area contributed by atoms with E-state index in [4.69, 9.17) is 4.74 Å². The molecule has 23 heavy (non-hydrogen) atoms. The molecule has 2 rings (SSSR count). The van der Waals surface area contributed by atoms with E-state index >= 15 is 0 Å². The van der Waals surface area contributed by atoms with Gasteiger partial charge in [0, 0.05) is 13.1 Å². The van der Waals surface area contributed by atoms with E-state index < -0.39 is 0 Å². The Morgan fingerprint density at radius 2 is 2.17 bits per heavy atom. The summed E-state index contributed by atoms with van der Waals surface area (Å²) in [6, 6.07) is 2.01. The van der Waals surface area contributed by atoms with Crippen molar-refractivity contribution >= 4 is 11.7 Å². The third-order valence-corrected chi connectivity index (χ3v) is 3.44. The van der Waals surface area contributed by atoms with Crippen LogP contribution in [0.5, 0.6) is 0 Å². The van der Waals surface area contributed by atoms with Gasteiger partial charge in [-0.05, 0) is 19.3 Å². The van der Waals surface area contributed by atoms with Crippen molar-refractivity contribution in [1.29, 1.82) is 0 Å². The van der Waals surface area contributed by atoms with Gasteiger partial charge in [-0.3, -0.25) is 4.79 Å². The minimum Gasteiger partial charge on any atom is -0.364 e. The Hall–Kier alpha value is -2.22. The van der Waals surface area contributed by atoms with Crippen molar-refractivity contribution in [3.05, 3.63) is 24.4 Å². The fourth-order valence-electron chi connectivity index (χ4n) is 2.40. The molecule has 0 spiro atoms. The number of nitrogens with one attached hydrogen (secondary N) is 1. The summed E-state index contributed by atoms with van der Waals surface area (Å²) < 4.78 is 8.95. The van der Waals surface area contributed by atoms with Crippen molar-refractivity contribution in [2.75, 3.05) is 11.9 Å². The van der Waals surface area contributed by atoms with Crippen LogP contribution < -0.4 is 5.32 Å². The molecule has 0 aliphatic carbocycles. The Morgan fingerprint density at radius 1 is 1.39 bits per heavy atom. The molecule has 1 atom stereocenters. The molecule has 2 heterocycles. The molecule has 0 fully saturated rings. The van der Waals surface area contributed by atoms with Gasteiger partial charge in [-0.2, -0.15) is 5.10 Å². The van der Waals surface area contributed by atoms with Gasteiger partial charge in [-0.25, -0.2) is 4.68 Å². The van der Waals surface area contributed by atoms with Gasteiger partial charge in [0.15, 0.2) is 5.82 Å². The molecule has 0 saturated heterocycles. The first kappa shape index (κ1) is 17.1. The van der Waals surface area contributed by atoms with Crippen molar-refractivity contribution in [3.8, 4) is 0 Å². The molecule has 8 heteroatoms. The molecule has 0 aromatic carbocycles. The van der Waals surface area contributed by atoms with E-state index in [2.05, 4.69) is 41.4 Å². The monoisotopic (exact) mass is 320 g/mol. The lowest BCUT2D eigenvalue weighted by Crippen LogP contribution is -2.22. The molecular formula is C15H24N6O2. The minimum atomic E-state index is -0.217. The lowest BCUT2D eigenvalue weighted by molar-refractivity contribution is -0.121. The van der Waals surface area contributed by atoms with Crippen LogP contribution in [0.15, 0.2) is 18.6 Å². The van der Waals surface area contributed by atoms with Crippen molar-refractivity contribution in [1.82, 2.24) is 24.5 Å². The van der Waals surface area contributed by atoms with Gasteiger partial charge in [0.05, 0.1) is 12.2 Å². The summed E-state index contributed by atoms with van der Waals surface area (Å²) in [7, 11) is 1.83. The SMILES string of the molecule is CC(C)CC(C)n1nccc1NC(=O)COCc1nncn1C. The average molecular weight is 320 g/mol. The second-order valence-electron chi connectivity index (χ2n) is 6.04. The molecule has 0 bridgehead atoms. The number of aryl methyl sites for hydroxylation is 1. The molecule has 1 amide bonds. The standard InChI is InChI=1S/C15H24N6O2/c1-11(2)7-12(3)21-13(5-6-17-21)18-15(22)9-23-8-14-19-16-10-20(14)4/h5-6,10-12H,7-9H2,1-4H3,(H,18,22). The Morgan fingerprint density at radius 3 is 2.83 bits per heavy atom. The van der Waals surface area contributed by atoms with E-state index in [1.54, 1.807) is 23.2 Å². The summed E-state index contributed by atoms with van der Waals surface area (Å²) in [5, 5.41) is 14.8. The summed E-state index contributed by atoms with van der Waals surface area (Å²) in [5.74, 6) is 1.71. The van der Waals surface area contributed by atoms with E-state index in [1.807, 2.05) is 11.7 Å². The van der Waals surface area contributed by atoms with Gasteiger partial charge in [0.2, 0.25) is 0 Å². The van der Waals surface area contributed by atoms with Crippen LogP contribution in [0.25, 0.3) is 0 Å². The lowest BCUT2D eigenvalue weighted by Gasteiger charge is -2.17. The number of carbonyl (C=O) groups excluding carboxylic acids is 1. The number of amides is 1. The van der Waals surface area contributed by atoms with Crippen molar-refractivity contribution < 1.29 is 9.53 Å². The predicted octanol–water partition coefficient (Wildman–Crippen LogP) is 1.77. The van der Waals surface area contributed by atoms with Gasteiger partial charge >= 0.3 is 0 Å². The molecular weight excluding hydrogens is 296 g/mol. The first-order chi connectivity index (χ1) is 11.0. The highest BCUT2D eigenvalue weighted by atomic mass is 16.5. The summed E-state index contributed by atoms with van der Waals surface area (Å²) in [6.45, 7) is 6.62. The van der Waals surface area contributed by atoms with E-state index in [9.17, 15) is 4.79 Å². The smallest absolute Gasteiger partial charge is 0.251 e. The molecule has 0 aliphatic heterocycles. The quantitative estimate of drug-likeness (QED) is 0.801. The fourth-order valence-corrected chi connectivity index (χ4v) is 2.40. The van der Waals surface area contributed by atoms with Crippen LogP contribution in [0.1, 0.15) is 39.1 Å². The maximum absolute atomic E-state index is 12.0. The van der Waals surface area contributed by atoms with Crippen molar-refractivity contribution in [2.24, 2.45) is 13.0 Å². The topological polar surface area (TPSA) is 86.9 Å². The fraction of sp³-hybridized carbons (Fsp3) is 0.600. The molecule has 0 saturated carbocycles. The largest absolute Gasteiger partial charge is 0.364 e. The summed E-state index contributed by atoms with van der Waals surface area (Å²) in [4.78, 5) is 12.0. The molecule has 2 aromatic heterocycles. The zero-order valence-electron chi connectivity index (χ0n) is 14.1. The van der Waals surface area contributed by atoms with E-state index in [1.165, 1.54) is 0 Å². The molecule has 0 aliphatic rings. The van der Waals surface area contributed by atoms with Crippen LogP contribution >= 0.6 is 0 Å². The Bertz CT molecular complexity index is 633. The van der Waals surface area contributed by atoms with Crippen LogP contribution in [0.3, 0.4) is 0 Å². The van der Waals surface area contributed by atoms with Crippen molar-refractivity contribution in [3.63, 3.8) is 0 Å². The van der Waals surface area contributed by atoms with E-state index in [-0.39, 0.29) is 25.2 Å². The number of hydrogen-bond acceptors (Lipinski definition) is 5. The van der Waals surface area contributed by atoms with Gasteiger partial charge < -0.3 is 14.6 Å². The molecule has 8 nitrogen and oxygen atoms in total. The maximum atomic E-state index is 12.0. The van der Waals surface area contributed by atoms with Gasteiger partial charge in [0.1, 0.15) is 25.4 Å². The van der Waals surface area contributed by atoms with Crippen LogP contribution in [0.4, 0.5) is 5.82 Å². The van der Waals surface area contributed by atoms with E-state index in [0.29, 0.717) is 17.6 Å². The highest BCUT2D eigenvalue weighted by Gasteiger charge is 2.14. The number of rotatable bonds is 8. The zero-order chi connectivity index (χ0) is 16.8. The van der Waals surface area contributed by atoms with Crippen molar-refractivity contribution in [2.45, 2.75) is 39.8 Å². The third kappa shape index (κ3) is 4.88. The predicted molar refractivity (Wildman–Crippen MR) is 85.7 cm³/mol. The number of nitrogens with zero attached hydrogens (tertiary/aromatic N) is 5. The highest BCUT2D eigenvalue weighted by molar-refractivity contribution is 5.90. The molecule has 0 radical (unpaired) electrons. The average Bonchev–Trinajstić information content (AvgIpc) is 3.08. The molecule has 1 unspecified atom stereocenters. The molecule has 2 aromatic rings. The highest BCUT2D eigenvalue weighted by Crippen LogP contribution is 2.20. The first-order valence-corrected chi connectivity index (χ1v) is 7.71. The maximum Gasteiger partial charge on any atom is 0.251 e. The second kappa shape index (κ2) is 7.87. The van der Waals surface area contributed by atoms with Gasteiger partial charge in [-0.1, -0.05) is 13.8 Å². The number of ether oxygens (including phenoxy) is 1. The minimum absolute atomic E-state index is 0.0450. The number of carbonyl (C=O) groups is 1. The van der Waals surface area contributed by atoms with Gasteiger partial charge in [-0.15, -0.1) is 10.2 Å². The van der Waals surface area contributed by atoms with E-state index in [0.717, 1.165) is 6.42 Å². The van der Waals surface area contributed by atoms with Gasteiger partial charge in [0.25, 0.3) is 5.91 Å². The Balaban J connectivity index is 1.83. The van der Waals surface area contributed by atoms with Crippen LogP contribution in [-0.4, -0.2) is 37.1 Å². The normalized spacial score (nSPS) is 12.6. The number of hydrogen-bond donors (Lipinski definition) is 1. The second-order valence-corrected chi connectivity index (χ2v) is 6.04. The van der Waals surface area contributed by atoms with Crippen LogP contribution in [-0.2, 0) is 23.2 Å². The van der Waals surface area contributed by atoms with Crippen LogP contribution in [0, 0.1) is 5.92 Å². The summed E-state index contributed by atoms with van der Waals surface area (Å²) in [6.07, 6.45) is 4.27. The molecule has 1 N–H and O–H groups in total. The first-order valence-electron chi connectivity index (χ1n) is 7.71. The van der Waals surface area contributed by atoms with Crippen LogP contribution in [0.2, 0.25) is 0 Å². The number of aromatic nitrogens is 5. The summed E-state index contributed by atoms with van der Waals surface area (Å²) in [5.41, 5.74) is 0. The Labute approximate surface area is 135 Å². The molecule has 126 valence electrons. The Kier molecular flexibility index (Phi) is 5.86. The third-order valence-electron chi connectivity index (χ3n) is 3.44. The number of anilines is 1. The summed E-state index contributed by atoms with van der Waals surface area (Å²) >= 11 is 0. The zero-order valence-corrected chi connectivity index (χ0v) is 14.1. The lowest BCUT2D eigenvalue weighted by atomic mass is 10.1.